The molecule has 3 aliphatic heterocycles. The average Bonchev–Trinajstić information content (AvgIpc) is 4.13. The first-order chi connectivity index (χ1) is 37.4. The number of fused-ring (bicyclic) bond motifs is 6. The Balaban J connectivity index is 0.000000616. The third-order valence-electron chi connectivity index (χ3n) is 13.0. The Hall–Kier alpha value is -6.85. The van der Waals surface area contributed by atoms with E-state index in [1.165, 1.54) is 29.2 Å². The van der Waals surface area contributed by atoms with E-state index in [0.29, 0.717) is 77.9 Å². The van der Waals surface area contributed by atoms with E-state index in [2.05, 4.69) is 10.6 Å². The molecule has 0 radical (unpaired) electrons. The molecule has 79 heavy (non-hydrogen) atoms. The maximum atomic E-state index is 13.9. The zero-order valence-electron chi connectivity index (χ0n) is 45.0. The molecule has 5 aromatic carbocycles. The van der Waals surface area contributed by atoms with Crippen molar-refractivity contribution in [2.75, 3.05) is 53.1 Å². The van der Waals surface area contributed by atoms with Crippen molar-refractivity contribution in [1.82, 2.24) is 10.2 Å². The molecule has 3 aliphatic rings. The standard InChI is InChI=1S/C51H47Cl2N5O8.C8H19O4P/c52-27-33-29-57(40-25-42(59)35-8-3-5-10-37(35)50(33)40)48(65)17-14-31-13-15-32(16-18-49(66)58-30-34(28-53)51-38-11-6-4-9-36(38)43(60)26-41(51)58)39(24-31)55-45(62)21-22-54-44(61)12-2-1-7-23-56-46(63)19-20-47(56)64;1-7(2,3)11-13(9,10)12-8(4,5)6/h3-6,8-11,13-20,24-26,33-34,59-60H,1-2,7,12,21-23,27-30H2,(H,54,61)(H,55,62);1-6H3,(H,9,10)/b17-14+,18-16+;/t33-,34-;/m1./s1. The van der Waals surface area contributed by atoms with Crippen LogP contribution < -0.4 is 20.4 Å². The minimum absolute atomic E-state index is 0.0486. The van der Waals surface area contributed by atoms with Gasteiger partial charge in [0.05, 0.1) is 22.6 Å². The summed E-state index contributed by atoms with van der Waals surface area (Å²) in [6.07, 6.45) is 10.4. The van der Waals surface area contributed by atoms with Gasteiger partial charge in [0.2, 0.25) is 11.8 Å². The molecule has 0 unspecified atom stereocenters. The molecule has 0 bridgehead atoms. The average molecular weight is 1140 g/mol. The van der Waals surface area contributed by atoms with E-state index >= 15 is 0 Å². The number of imide groups is 1. The summed E-state index contributed by atoms with van der Waals surface area (Å²) in [7, 11) is -3.94. The normalized spacial score (nSPS) is 16.3. The number of phenolic OH excluding ortho intramolecular Hbond substituents is 2. The van der Waals surface area contributed by atoms with Crippen LogP contribution in [0.15, 0.2) is 103 Å². The predicted molar refractivity (Wildman–Crippen MR) is 309 cm³/mol. The third kappa shape index (κ3) is 15.3. The molecule has 5 aromatic rings. The first-order valence-electron chi connectivity index (χ1n) is 26.0. The van der Waals surface area contributed by atoms with E-state index in [1.807, 2.05) is 48.5 Å². The zero-order valence-corrected chi connectivity index (χ0v) is 47.4. The lowest BCUT2D eigenvalue weighted by Crippen LogP contribution is -2.31. The monoisotopic (exact) mass is 1140 g/mol. The number of alkyl halides is 2. The number of phenols is 2. The van der Waals surface area contributed by atoms with Crippen molar-refractivity contribution in [2.45, 2.75) is 96.7 Å². The number of halogens is 2. The molecule has 0 saturated carbocycles. The predicted octanol–water partition coefficient (Wildman–Crippen LogP) is 10.8. The largest absolute Gasteiger partial charge is 0.507 e. The smallest absolute Gasteiger partial charge is 0.473 e. The van der Waals surface area contributed by atoms with E-state index in [4.69, 9.17) is 32.2 Å². The lowest BCUT2D eigenvalue weighted by Gasteiger charge is -2.27. The number of nitrogens with one attached hydrogen (secondary N) is 2. The number of carbonyl (C=O) groups excluding carboxylic acids is 6. The van der Waals surface area contributed by atoms with Crippen LogP contribution in [0.4, 0.5) is 17.1 Å². The molecule has 20 heteroatoms. The molecule has 418 valence electrons. The van der Waals surface area contributed by atoms with Gasteiger partial charge >= 0.3 is 7.82 Å². The summed E-state index contributed by atoms with van der Waals surface area (Å²) in [5, 5.41) is 30.4. The fourth-order valence-corrected chi connectivity index (χ4v) is 11.6. The minimum atomic E-state index is -3.94. The molecule has 3 heterocycles. The summed E-state index contributed by atoms with van der Waals surface area (Å²) in [6, 6.07) is 23.2. The number of rotatable bonds is 18. The number of nitrogens with zero attached hydrogens (tertiary/aromatic N) is 3. The summed E-state index contributed by atoms with van der Waals surface area (Å²) in [5.41, 5.74) is 2.99. The van der Waals surface area contributed by atoms with Gasteiger partial charge in [-0.05, 0) is 106 Å². The fourth-order valence-electron chi connectivity index (χ4n) is 9.67. The van der Waals surface area contributed by atoms with Crippen molar-refractivity contribution < 1.29 is 57.5 Å². The van der Waals surface area contributed by atoms with Gasteiger partial charge in [-0.1, -0.05) is 67.1 Å². The highest BCUT2D eigenvalue weighted by molar-refractivity contribution is 7.47. The van der Waals surface area contributed by atoms with E-state index in [-0.39, 0.29) is 84.0 Å². The fraction of sp³-hybridized carbons (Fsp3) is 0.356. The number of benzene rings is 5. The van der Waals surface area contributed by atoms with Crippen LogP contribution in [-0.4, -0.2) is 105 Å². The molecule has 17 nitrogen and oxygen atoms in total. The van der Waals surface area contributed by atoms with Crippen LogP contribution in [-0.2, 0) is 42.4 Å². The molecule has 8 rings (SSSR count). The van der Waals surface area contributed by atoms with Crippen molar-refractivity contribution >= 4 is 117 Å². The number of anilines is 3. The van der Waals surface area contributed by atoms with Crippen molar-refractivity contribution in [3.63, 3.8) is 0 Å². The quantitative estimate of drug-likeness (QED) is 0.0181. The second-order valence-electron chi connectivity index (χ2n) is 21.4. The maximum Gasteiger partial charge on any atom is 0.473 e. The van der Waals surface area contributed by atoms with Crippen LogP contribution >= 0.6 is 31.0 Å². The molecule has 0 spiro atoms. The van der Waals surface area contributed by atoms with Crippen LogP contribution in [0.25, 0.3) is 33.7 Å². The second-order valence-corrected chi connectivity index (χ2v) is 23.3. The number of phosphoric acid groups is 1. The van der Waals surface area contributed by atoms with Gasteiger partial charge in [0.1, 0.15) is 11.5 Å². The van der Waals surface area contributed by atoms with Gasteiger partial charge in [0.15, 0.2) is 0 Å². The Morgan fingerprint density at radius 1 is 0.671 bits per heavy atom. The highest BCUT2D eigenvalue weighted by Crippen LogP contribution is 2.51. The molecule has 2 atom stereocenters. The number of phosphoric ester groups is 1. The minimum Gasteiger partial charge on any atom is -0.507 e. The molecule has 5 N–H and O–H groups in total. The van der Waals surface area contributed by atoms with E-state index in [0.717, 1.165) is 21.9 Å². The Morgan fingerprint density at radius 2 is 1.16 bits per heavy atom. The summed E-state index contributed by atoms with van der Waals surface area (Å²) < 4.78 is 21.1. The lowest BCUT2D eigenvalue weighted by molar-refractivity contribution is -0.137. The highest BCUT2D eigenvalue weighted by atomic mass is 35.5. The van der Waals surface area contributed by atoms with Gasteiger partial charge in [0.25, 0.3) is 23.6 Å². The molecule has 0 aromatic heterocycles. The number of unbranched alkanes of at least 4 members (excludes halogenated alkanes) is 2. The SMILES string of the molecule is CC(C)(C)OP(=O)(O)OC(C)(C)C.O=C(CCCCCN1C(=O)C=CC1=O)NCCC(=O)Nc1cc(/C=C/C(=O)N2C[C@@H](CCl)c3c2cc(O)c2ccccc32)ccc1/C=C/C(=O)N1C[C@@H](CCl)c2c1cc(O)c1ccccc21. The van der Waals surface area contributed by atoms with Crippen molar-refractivity contribution in [3.05, 3.63) is 125 Å². The zero-order chi connectivity index (χ0) is 57.4. The van der Waals surface area contributed by atoms with Gasteiger partial charge in [0, 0.05) is 116 Å². The number of aromatic hydroxyl groups is 2. The Kier molecular flexibility index (Phi) is 19.3. The van der Waals surface area contributed by atoms with Gasteiger partial charge in [-0.25, -0.2) is 4.57 Å². The lowest BCUT2D eigenvalue weighted by atomic mass is 9.95. The topological polar surface area (TPSA) is 232 Å². The number of hydrogen-bond acceptors (Lipinski definition) is 11. The second kappa shape index (κ2) is 25.5. The third-order valence-corrected chi connectivity index (χ3v) is 15.3. The summed E-state index contributed by atoms with van der Waals surface area (Å²) in [4.78, 5) is 90.8. The van der Waals surface area contributed by atoms with Crippen LogP contribution in [0.2, 0.25) is 0 Å². The maximum absolute atomic E-state index is 13.9. The van der Waals surface area contributed by atoms with Crippen molar-refractivity contribution in [3.8, 4) is 11.5 Å². The molecular weight excluding hydrogens is 1070 g/mol. The first kappa shape index (κ1) is 59.8. The Morgan fingerprint density at radius 3 is 1.66 bits per heavy atom. The van der Waals surface area contributed by atoms with Gasteiger partial charge in [-0.2, -0.15) is 0 Å². The van der Waals surface area contributed by atoms with Gasteiger partial charge in [-0.15, -0.1) is 23.2 Å². The summed E-state index contributed by atoms with van der Waals surface area (Å²) in [5.74, 6) is -1.66. The van der Waals surface area contributed by atoms with Gasteiger partial charge < -0.3 is 35.5 Å². The molecule has 0 aliphatic carbocycles. The van der Waals surface area contributed by atoms with E-state index in [9.17, 15) is 48.4 Å². The number of carbonyl (C=O) groups is 6. The molecule has 6 amide bonds. The van der Waals surface area contributed by atoms with Crippen molar-refractivity contribution in [2.24, 2.45) is 0 Å². The number of amides is 6. The molecule has 0 saturated heterocycles. The Labute approximate surface area is 469 Å². The molecule has 0 fully saturated rings. The Bertz CT molecular complexity index is 3270. The van der Waals surface area contributed by atoms with Crippen LogP contribution in [0.3, 0.4) is 0 Å². The van der Waals surface area contributed by atoms with E-state index in [1.54, 1.807) is 93.8 Å². The first-order valence-corrected chi connectivity index (χ1v) is 28.5. The van der Waals surface area contributed by atoms with Crippen LogP contribution in [0, 0.1) is 0 Å². The summed E-state index contributed by atoms with van der Waals surface area (Å²) >= 11 is 12.8. The molecular formula is C59H66Cl2N5O12P. The number of hydrogen-bond donors (Lipinski definition) is 5. The summed E-state index contributed by atoms with van der Waals surface area (Å²) in [6.45, 7) is 11.2. The van der Waals surface area contributed by atoms with Crippen molar-refractivity contribution in [1.29, 1.82) is 0 Å². The van der Waals surface area contributed by atoms with Crippen LogP contribution in [0.5, 0.6) is 11.5 Å². The highest BCUT2D eigenvalue weighted by Gasteiger charge is 2.36. The van der Waals surface area contributed by atoms with Crippen LogP contribution in [0.1, 0.15) is 108 Å². The van der Waals surface area contributed by atoms with E-state index < -0.39 is 24.9 Å². The van der Waals surface area contributed by atoms with Gasteiger partial charge in [-0.3, -0.25) is 42.7 Å².